The topological polar surface area (TPSA) is 29.5 Å². The second-order valence-electron chi connectivity index (χ2n) is 12.5. The predicted molar refractivity (Wildman–Crippen MR) is 204 cm³/mol. The van der Waals surface area contributed by atoms with E-state index in [0.717, 1.165) is 83.2 Å². The summed E-state index contributed by atoms with van der Waals surface area (Å²) in [4.78, 5) is 2.37. The molecule has 0 fully saturated rings. The van der Waals surface area contributed by atoms with Gasteiger partial charge < -0.3 is 13.7 Å². The molecule has 0 aliphatic rings. The van der Waals surface area contributed by atoms with Crippen molar-refractivity contribution in [3.05, 3.63) is 176 Å². The molecular formula is C46H29NO2. The van der Waals surface area contributed by atoms with Crippen molar-refractivity contribution in [2.75, 3.05) is 4.90 Å². The Morgan fingerprint density at radius 2 is 1.02 bits per heavy atom. The molecule has 0 saturated heterocycles. The quantitative estimate of drug-likeness (QED) is 0.190. The Balaban J connectivity index is 1.23. The second-order valence-corrected chi connectivity index (χ2v) is 12.5. The van der Waals surface area contributed by atoms with Gasteiger partial charge in [0.05, 0.1) is 16.8 Å². The van der Waals surface area contributed by atoms with Crippen LogP contribution in [0, 0.1) is 0 Å². The fourth-order valence-corrected chi connectivity index (χ4v) is 7.46. The minimum atomic E-state index is 0.858. The van der Waals surface area contributed by atoms with Gasteiger partial charge in [-0.3, -0.25) is 0 Å². The number of rotatable bonds is 5. The van der Waals surface area contributed by atoms with Gasteiger partial charge in [0.15, 0.2) is 0 Å². The highest BCUT2D eigenvalue weighted by Crippen LogP contribution is 2.48. The molecule has 0 aliphatic carbocycles. The van der Waals surface area contributed by atoms with Crippen molar-refractivity contribution in [1.82, 2.24) is 0 Å². The smallest absolute Gasteiger partial charge is 0.145 e. The lowest BCUT2D eigenvalue weighted by Crippen LogP contribution is -2.11. The van der Waals surface area contributed by atoms with Crippen LogP contribution in [0.2, 0.25) is 0 Å². The number of fused-ring (bicyclic) bond motifs is 7. The summed E-state index contributed by atoms with van der Waals surface area (Å²) in [5.41, 5.74) is 11.1. The first-order valence-corrected chi connectivity index (χ1v) is 16.6. The molecule has 0 aliphatic heterocycles. The number of para-hydroxylation sites is 3. The van der Waals surface area contributed by atoms with Crippen molar-refractivity contribution in [2.45, 2.75) is 0 Å². The first-order valence-electron chi connectivity index (χ1n) is 16.6. The first-order chi connectivity index (χ1) is 24.3. The zero-order chi connectivity index (χ0) is 32.3. The van der Waals surface area contributed by atoms with Crippen LogP contribution < -0.4 is 4.90 Å². The van der Waals surface area contributed by atoms with Gasteiger partial charge in [0.25, 0.3) is 0 Å². The average molecular weight is 628 g/mol. The molecule has 0 amide bonds. The maximum Gasteiger partial charge on any atom is 0.145 e. The van der Waals surface area contributed by atoms with E-state index in [2.05, 4.69) is 163 Å². The van der Waals surface area contributed by atoms with E-state index in [0.29, 0.717) is 0 Å². The van der Waals surface area contributed by atoms with Crippen LogP contribution in [0.15, 0.2) is 185 Å². The van der Waals surface area contributed by atoms with E-state index in [1.54, 1.807) is 0 Å². The van der Waals surface area contributed by atoms with E-state index in [4.69, 9.17) is 8.83 Å². The molecule has 2 heterocycles. The Hall–Kier alpha value is -6.58. The molecule has 10 aromatic rings. The van der Waals surface area contributed by atoms with Crippen LogP contribution in [0.25, 0.3) is 76.9 Å². The molecule has 2 aromatic heterocycles. The summed E-state index contributed by atoms with van der Waals surface area (Å²) >= 11 is 0. The lowest BCUT2D eigenvalue weighted by Gasteiger charge is -2.28. The Morgan fingerprint density at radius 3 is 1.88 bits per heavy atom. The zero-order valence-corrected chi connectivity index (χ0v) is 26.5. The summed E-state index contributed by atoms with van der Waals surface area (Å²) in [6.07, 6.45) is 0. The van der Waals surface area contributed by atoms with Crippen LogP contribution in [0.1, 0.15) is 0 Å². The molecule has 0 unspecified atom stereocenters. The normalized spacial score (nSPS) is 11.7. The lowest BCUT2D eigenvalue weighted by atomic mass is 9.92. The third-order valence-electron chi connectivity index (χ3n) is 9.67. The number of hydrogen-bond acceptors (Lipinski definition) is 3. The van der Waals surface area contributed by atoms with Gasteiger partial charge in [-0.05, 0) is 76.7 Å². The van der Waals surface area contributed by atoms with Gasteiger partial charge in [0, 0.05) is 32.8 Å². The number of anilines is 3. The molecule has 3 heteroatoms. The second kappa shape index (κ2) is 11.0. The summed E-state index contributed by atoms with van der Waals surface area (Å²) in [7, 11) is 0. The Labute approximate surface area is 282 Å². The van der Waals surface area contributed by atoms with E-state index >= 15 is 0 Å². The van der Waals surface area contributed by atoms with Crippen molar-refractivity contribution >= 4 is 71.7 Å². The van der Waals surface area contributed by atoms with Crippen molar-refractivity contribution in [3.63, 3.8) is 0 Å². The molecule has 230 valence electrons. The monoisotopic (exact) mass is 627 g/mol. The maximum atomic E-state index is 6.84. The molecular weight excluding hydrogens is 599 g/mol. The zero-order valence-electron chi connectivity index (χ0n) is 26.5. The highest BCUT2D eigenvalue weighted by molar-refractivity contribution is 6.18. The summed E-state index contributed by atoms with van der Waals surface area (Å²) in [6, 6.07) is 61.9. The Morgan fingerprint density at radius 1 is 0.367 bits per heavy atom. The Bertz CT molecular complexity index is 2840. The molecule has 0 saturated carbocycles. The number of nitrogens with zero attached hydrogens (tertiary/aromatic N) is 1. The summed E-state index contributed by atoms with van der Waals surface area (Å²) in [5, 5.41) is 6.79. The fourth-order valence-electron chi connectivity index (χ4n) is 7.46. The highest BCUT2D eigenvalue weighted by Gasteiger charge is 2.24. The van der Waals surface area contributed by atoms with Gasteiger partial charge in [-0.25, -0.2) is 0 Å². The van der Waals surface area contributed by atoms with Gasteiger partial charge >= 0.3 is 0 Å². The molecule has 49 heavy (non-hydrogen) atoms. The summed E-state index contributed by atoms with van der Waals surface area (Å²) in [5.74, 6) is 0. The van der Waals surface area contributed by atoms with Gasteiger partial charge in [-0.2, -0.15) is 0 Å². The molecule has 3 nitrogen and oxygen atoms in total. The van der Waals surface area contributed by atoms with E-state index in [-0.39, 0.29) is 0 Å². The fraction of sp³-hybridized carbons (Fsp3) is 0. The van der Waals surface area contributed by atoms with Gasteiger partial charge in [-0.15, -0.1) is 0 Å². The van der Waals surface area contributed by atoms with Crippen molar-refractivity contribution in [2.24, 2.45) is 0 Å². The van der Waals surface area contributed by atoms with Crippen LogP contribution in [0.5, 0.6) is 0 Å². The highest BCUT2D eigenvalue weighted by atomic mass is 16.3. The van der Waals surface area contributed by atoms with Crippen LogP contribution in [-0.4, -0.2) is 0 Å². The van der Waals surface area contributed by atoms with Gasteiger partial charge in [-0.1, -0.05) is 121 Å². The van der Waals surface area contributed by atoms with E-state index < -0.39 is 0 Å². The lowest BCUT2D eigenvalue weighted by molar-refractivity contribution is 0.669. The van der Waals surface area contributed by atoms with E-state index in [1.165, 1.54) is 10.8 Å². The summed E-state index contributed by atoms with van der Waals surface area (Å²) in [6.45, 7) is 0. The number of hydrogen-bond donors (Lipinski definition) is 0. The molecule has 0 bridgehead atoms. The van der Waals surface area contributed by atoms with Gasteiger partial charge in [0.2, 0.25) is 0 Å². The molecule has 0 spiro atoms. The van der Waals surface area contributed by atoms with Crippen LogP contribution in [-0.2, 0) is 0 Å². The van der Waals surface area contributed by atoms with Crippen molar-refractivity contribution < 1.29 is 8.83 Å². The molecule has 8 aromatic carbocycles. The Kier molecular flexibility index (Phi) is 6.18. The predicted octanol–water partition coefficient (Wildman–Crippen LogP) is 13.4. The first kappa shape index (κ1) is 27.5. The number of benzene rings is 8. The van der Waals surface area contributed by atoms with Gasteiger partial charge in [0.1, 0.15) is 22.3 Å². The van der Waals surface area contributed by atoms with E-state index in [9.17, 15) is 0 Å². The SMILES string of the molecule is c1ccc(N(c2cccc3ccccc23)c2ccc(-c3ccccc3-c3ccc4c(c3)oc3ccccc34)c3oc4ccccc4c23)cc1. The third kappa shape index (κ3) is 4.37. The number of furan rings is 2. The molecule has 0 N–H and O–H groups in total. The minimum Gasteiger partial charge on any atom is -0.456 e. The van der Waals surface area contributed by atoms with Crippen molar-refractivity contribution in [3.8, 4) is 22.3 Å². The van der Waals surface area contributed by atoms with E-state index in [1.807, 2.05) is 18.2 Å². The van der Waals surface area contributed by atoms with Crippen LogP contribution in [0.3, 0.4) is 0 Å². The molecule has 10 rings (SSSR count). The minimum absolute atomic E-state index is 0.858. The summed E-state index contributed by atoms with van der Waals surface area (Å²) < 4.78 is 13.1. The molecule has 0 radical (unpaired) electrons. The van der Waals surface area contributed by atoms with Crippen LogP contribution >= 0.6 is 0 Å². The van der Waals surface area contributed by atoms with Crippen LogP contribution in [0.4, 0.5) is 17.1 Å². The standard InChI is InChI=1S/C46H29NO2/c1-2-15-32(16-3-1)47(40-22-12-14-30-13-4-5-18-34(30)40)41-28-27-38(46-45(41)39-21-9-11-24-43(39)49-46)35-19-7-6-17-33(35)31-25-26-37-36-20-8-10-23-42(36)48-44(37)29-31/h1-29H. The third-order valence-corrected chi connectivity index (χ3v) is 9.67. The largest absolute Gasteiger partial charge is 0.456 e. The molecule has 0 atom stereocenters. The maximum absolute atomic E-state index is 6.84. The average Bonchev–Trinajstić information content (AvgIpc) is 3.74. The van der Waals surface area contributed by atoms with Crippen molar-refractivity contribution in [1.29, 1.82) is 0 Å².